The van der Waals surface area contributed by atoms with E-state index in [-0.39, 0.29) is 12.3 Å². The van der Waals surface area contributed by atoms with Crippen molar-refractivity contribution in [1.82, 2.24) is 14.4 Å². The number of hydrogen-bond donors (Lipinski definition) is 1. The summed E-state index contributed by atoms with van der Waals surface area (Å²) in [6.45, 7) is 4.14. The van der Waals surface area contributed by atoms with E-state index < -0.39 is 0 Å². The highest BCUT2D eigenvalue weighted by Gasteiger charge is 2.11. The fraction of sp³-hybridized carbons (Fsp3) is 0.267. The van der Waals surface area contributed by atoms with Crippen molar-refractivity contribution in [3.63, 3.8) is 0 Å². The number of pyridine rings is 1. The van der Waals surface area contributed by atoms with Gasteiger partial charge in [0.25, 0.3) is 0 Å². The fourth-order valence-electron chi connectivity index (χ4n) is 2.04. The first-order valence-electron chi connectivity index (χ1n) is 6.89. The third-order valence-electron chi connectivity index (χ3n) is 3.17. The number of nitrogens with one attached hydrogen (secondary N) is 1. The van der Waals surface area contributed by atoms with E-state index in [9.17, 15) is 4.79 Å². The third-order valence-corrected chi connectivity index (χ3v) is 4.17. The molecule has 114 valence electrons. The average Bonchev–Trinajstić information content (AvgIpc) is 3.04. The summed E-state index contributed by atoms with van der Waals surface area (Å²) in [6, 6.07) is 3.59. The van der Waals surface area contributed by atoms with Gasteiger partial charge >= 0.3 is 0 Å². The van der Waals surface area contributed by atoms with Gasteiger partial charge in [0, 0.05) is 17.8 Å². The highest BCUT2D eigenvalue weighted by atomic mass is 35.5. The van der Waals surface area contributed by atoms with E-state index in [1.54, 1.807) is 12.3 Å². The molecule has 0 saturated carbocycles. The molecule has 3 heterocycles. The molecule has 0 spiro atoms. The van der Waals surface area contributed by atoms with E-state index in [4.69, 9.17) is 11.6 Å². The molecule has 0 radical (unpaired) electrons. The number of halogens is 1. The highest BCUT2D eigenvalue weighted by Crippen LogP contribution is 2.21. The van der Waals surface area contributed by atoms with Crippen molar-refractivity contribution in [2.24, 2.45) is 0 Å². The predicted molar refractivity (Wildman–Crippen MR) is 88.7 cm³/mol. The smallest absolute Gasteiger partial charge is 0.232 e. The van der Waals surface area contributed by atoms with E-state index in [2.05, 4.69) is 29.1 Å². The molecule has 3 aromatic rings. The van der Waals surface area contributed by atoms with Crippen LogP contribution < -0.4 is 5.32 Å². The number of imidazole rings is 1. The van der Waals surface area contributed by atoms with Crippen molar-refractivity contribution < 1.29 is 4.79 Å². The largest absolute Gasteiger partial charge is 0.305 e. The molecule has 22 heavy (non-hydrogen) atoms. The first-order chi connectivity index (χ1) is 10.5. The van der Waals surface area contributed by atoms with Crippen LogP contribution in [0.2, 0.25) is 5.02 Å². The van der Waals surface area contributed by atoms with E-state index in [1.165, 1.54) is 11.3 Å². The molecule has 1 N–H and O–H groups in total. The molecule has 0 atom stereocenters. The van der Waals surface area contributed by atoms with E-state index in [0.717, 1.165) is 11.3 Å². The number of fused-ring (bicyclic) bond motifs is 1. The van der Waals surface area contributed by atoms with Gasteiger partial charge in [0.15, 0.2) is 5.13 Å². The van der Waals surface area contributed by atoms with Gasteiger partial charge in [-0.15, -0.1) is 11.3 Å². The third kappa shape index (κ3) is 3.28. The Morgan fingerprint density at radius 2 is 2.18 bits per heavy atom. The Kier molecular flexibility index (Phi) is 4.13. The molecule has 7 heteroatoms. The first kappa shape index (κ1) is 15.0. The fourth-order valence-corrected chi connectivity index (χ4v) is 3.10. The van der Waals surface area contributed by atoms with Crippen LogP contribution in [0.3, 0.4) is 0 Å². The number of amides is 1. The summed E-state index contributed by atoms with van der Waals surface area (Å²) >= 11 is 7.37. The van der Waals surface area contributed by atoms with Crippen LogP contribution in [0.4, 0.5) is 5.13 Å². The molecular formula is C15H15ClN4OS. The molecule has 0 aliphatic rings. The lowest BCUT2D eigenvalue weighted by molar-refractivity contribution is -0.115. The van der Waals surface area contributed by atoms with Gasteiger partial charge in [-0.05, 0) is 18.1 Å². The number of nitrogens with zero attached hydrogens (tertiary/aromatic N) is 3. The van der Waals surface area contributed by atoms with Crippen LogP contribution in [-0.4, -0.2) is 20.3 Å². The van der Waals surface area contributed by atoms with Crippen LogP contribution in [0.5, 0.6) is 0 Å². The van der Waals surface area contributed by atoms with E-state index in [0.29, 0.717) is 21.8 Å². The van der Waals surface area contributed by atoms with Gasteiger partial charge in [-0.3, -0.25) is 4.79 Å². The number of hydrogen-bond acceptors (Lipinski definition) is 4. The van der Waals surface area contributed by atoms with Crippen molar-refractivity contribution in [2.75, 3.05) is 5.32 Å². The Morgan fingerprint density at radius 3 is 2.91 bits per heavy atom. The summed E-state index contributed by atoms with van der Waals surface area (Å²) in [5.41, 5.74) is 2.45. The van der Waals surface area contributed by atoms with Crippen LogP contribution in [-0.2, 0) is 11.2 Å². The normalized spacial score (nSPS) is 11.3. The van der Waals surface area contributed by atoms with E-state index >= 15 is 0 Å². The molecule has 3 rings (SSSR count). The highest BCUT2D eigenvalue weighted by molar-refractivity contribution is 7.13. The summed E-state index contributed by atoms with van der Waals surface area (Å²) in [5, 5.41) is 6.04. The number of anilines is 1. The molecule has 0 aliphatic heterocycles. The lowest BCUT2D eigenvalue weighted by atomic mass is 10.2. The maximum Gasteiger partial charge on any atom is 0.232 e. The maximum atomic E-state index is 12.1. The summed E-state index contributed by atoms with van der Waals surface area (Å²) in [5.74, 6) is 0.226. The van der Waals surface area contributed by atoms with Gasteiger partial charge < -0.3 is 9.72 Å². The van der Waals surface area contributed by atoms with Crippen LogP contribution >= 0.6 is 22.9 Å². The molecule has 1 amide bonds. The summed E-state index contributed by atoms with van der Waals surface area (Å²) in [7, 11) is 0. The van der Waals surface area contributed by atoms with Crippen molar-refractivity contribution in [2.45, 2.75) is 26.2 Å². The van der Waals surface area contributed by atoms with Crippen molar-refractivity contribution >= 4 is 39.6 Å². The Bertz CT molecular complexity index is 824. The summed E-state index contributed by atoms with van der Waals surface area (Å²) in [4.78, 5) is 20.9. The number of carbonyl (C=O) groups excluding carboxylic acids is 1. The van der Waals surface area contributed by atoms with Gasteiger partial charge in [0.1, 0.15) is 5.65 Å². The van der Waals surface area contributed by atoms with Crippen LogP contribution in [0.1, 0.15) is 31.2 Å². The molecule has 0 saturated heterocycles. The Balaban J connectivity index is 1.69. The second-order valence-electron chi connectivity index (χ2n) is 5.30. The quantitative estimate of drug-likeness (QED) is 0.790. The molecule has 0 fully saturated rings. The average molecular weight is 335 g/mol. The molecule has 0 bridgehead atoms. The van der Waals surface area contributed by atoms with Crippen LogP contribution in [0.25, 0.3) is 5.65 Å². The number of carbonyl (C=O) groups is 1. The number of rotatable bonds is 4. The van der Waals surface area contributed by atoms with E-state index in [1.807, 2.05) is 22.0 Å². The second kappa shape index (κ2) is 6.06. The maximum absolute atomic E-state index is 12.1. The molecular weight excluding hydrogens is 320 g/mol. The lowest BCUT2D eigenvalue weighted by Crippen LogP contribution is -2.14. The molecule has 0 unspecified atom stereocenters. The zero-order valence-electron chi connectivity index (χ0n) is 12.2. The minimum Gasteiger partial charge on any atom is -0.305 e. The molecule has 0 aliphatic carbocycles. The Labute approximate surface area is 137 Å². The minimum absolute atomic E-state index is 0.126. The lowest BCUT2D eigenvalue weighted by Gasteiger charge is -2.00. The van der Waals surface area contributed by atoms with Crippen molar-refractivity contribution in [3.8, 4) is 0 Å². The minimum atomic E-state index is -0.126. The van der Waals surface area contributed by atoms with Crippen LogP contribution in [0.15, 0.2) is 29.9 Å². The van der Waals surface area contributed by atoms with Gasteiger partial charge in [-0.2, -0.15) is 0 Å². The monoisotopic (exact) mass is 334 g/mol. The topological polar surface area (TPSA) is 59.3 Å². The number of thiazole rings is 1. The van der Waals surface area contributed by atoms with Gasteiger partial charge in [0.2, 0.25) is 5.91 Å². The summed E-state index contributed by atoms with van der Waals surface area (Å²) in [6.07, 6.45) is 3.78. The zero-order chi connectivity index (χ0) is 15.7. The summed E-state index contributed by atoms with van der Waals surface area (Å²) < 4.78 is 1.81. The number of aromatic nitrogens is 3. The molecule has 3 aromatic heterocycles. The Hall–Kier alpha value is -1.92. The predicted octanol–water partition coefficient (Wildman–Crippen LogP) is 3.75. The second-order valence-corrected chi connectivity index (χ2v) is 6.60. The zero-order valence-corrected chi connectivity index (χ0v) is 13.8. The first-order valence-corrected chi connectivity index (χ1v) is 8.15. The molecule has 0 aromatic carbocycles. The molecule has 5 nitrogen and oxygen atoms in total. The van der Waals surface area contributed by atoms with Gasteiger partial charge in [-0.1, -0.05) is 25.4 Å². The Morgan fingerprint density at radius 1 is 1.36 bits per heavy atom. The SMILES string of the molecule is CC(C)c1csc(NC(=O)Cc2cn3cc(Cl)ccc3n2)n1. The van der Waals surface area contributed by atoms with Crippen LogP contribution in [0, 0.1) is 0 Å². The van der Waals surface area contributed by atoms with Crippen molar-refractivity contribution in [1.29, 1.82) is 0 Å². The van der Waals surface area contributed by atoms with Gasteiger partial charge in [-0.25, -0.2) is 9.97 Å². The standard InChI is InChI=1S/C15H15ClN4OS/c1-9(2)12-8-22-15(18-12)19-14(21)5-11-7-20-6-10(16)3-4-13(20)17-11/h3-4,6-9H,5H2,1-2H3,(H,18,19,21). The van der Waals surface area contributed by atoms with Gasteiger partial charge in [0.05, 0.1) is 22.8 Å². The van der Waals surface area contributed by atoms with Crippen molar-refractivity contribution in [3.05, 3.63) is 46.3 Å².